The van der Waals surface area contributed by atoms with E-state index >= 15 is 0 Å². The van der Waals surface area contributed by atoms with Gasteiger partial charge in [-0.1, -0.05) is 47.1 Å². The van der Waals surface area contributed by atoms with Gasteiger partial charge in [0.15, 0.2) is 11.5 Å². The van der Waals surface area contributed by atoms with Crippen LogP contribution < -0.4 is 19.7 Å². The van der Waals surface area contributed by atoms with E-state index in [0.29, 0.717) is 53.1 Å². The second-order valence-corrected chi connectivity index (χ2v) is 8.89. The van der Waals surface area contributed by atoms with Crippen molar-refractivity contribution >= 4 is 17.3 Å². The number of carbonyl (C=O) groups excluding carboxylic acids is 1. The number of hydrogen-bond donors (Lipinski definition) is 1. The largest absolute Gasteiger partial charge is 0.486 e. The Morgan fingerprint density at radius 2 is 1.68 bits per heavy atom. The fourth-order valence-electron chi connectivity index (χ4n) is 4.56. The Balaban J connectivity index is 1.47. The van der Waals surface area contributed by atoms with E-state index in [1.807, 2.05) is 38.1 Å². The van der Waals surface area contributed by atoms with Crippen molar-refractivity contribution in [1.29, 1.82) is 0 Å². The first kappa shape index (κ1) is 22.8. The number of anilines is 1. The van der Waals surface area contributed by atoms with E-state index in [0.717, 1.165) is 11.1 Å². The Hall–Kier alpha value is -4.66. The Morgan fingerprint density at radius 3 is 2.43 bits per heavy atom. The van der Waals surface area contributed by atoms with Gasteiger partial charge in [0.1, 0.15) is 19.0 Å². The van der Waals surface area contributed by atoms with Crippen LogP contribution in [0.25, 0.3) is 17.0 Å². The molecule has 2 aliphatic heterocycles. The van der Waals surface area contributed by atoms with Gasteiger partial charge in [0.05, 0.1) is 17.3 Å². The number of amides is 2. The van der Waals surface area contributed by atoms with Gasteiger partial charge in [0, 0.05) is 17.3 Å². The third kappa shape index (κ3) is 4.18. The molecule has 2 aliphatic rings. The first-order valence-electron chi connectivity index (χ1n) is 11.9. The SMILES string of the molecule is CC1=C(c2nc(-c3ccc(C)cc3)no2)C(c2ccc(F)cc2)NC(=O)N1c1ccc2c(c1)OCCO2. The summed E-state index contributed by atoms with van der Waals surface area (Å²) in [6, 6.07) is 18.1. The average Bonchev–Trinajstić information content (AvgIpc) is 3.39. The molecule has 186 valence electrons. The Labute approximate surface area is 212 Å². The molecule has 1 aromatic heterocycles. The second-order valence-electron chi connectivity index (χ2n) is 8.89. The molecule has 2 amide bonds. The summed E-state index contributed by atoms with van der Waals surface area (Å²) in [5.41, 5.74) is 4.39. The summed E-state index contributed by atoms with van der Waals surface area (Å²) in [7, 11) is 0. The standard InChI is InChI=1S/C28H23FN4O4/c1-16-3-5-19(6-4-16)26-31-27(37-32-26)24-17(2)33(21-11-12-22-23(15-21)36-14-13-35-22)28(34)30-25(24)18-7-9-20(29)10-8-18/h3-12,15,25H,13-14H2,1-2H3,(H,30,34). The minimum atomic E-state index is -0.632. The molecule has 1 N–H and O–H groups in total. The number of fused-ring (bicyclic) bond motifs is 1. The highest BCUT2D eigenvalue weighted by atomic mass is 19.1. The van der Waals surface area contributed by atoms with Gasteiger partial charge >= 0.3 is 6.03 Å². The molecular formula is C28H23FN4O4. The van der Waals surface area contributed by atoms with Crippen LogP contribution in [-0.4, -0.2) is 29.4 Å². The van der Waals surface area contributed by atoms with Gasteiger partial charge in [0.2, 0.25) is 5.82 Å². The number of ether oxygens (including phenoxy) is 2. The number of aromatic nitrogens is 2. The number of nitrogens with zero attached hydrogens (tertiary/aromatic N) is 3. The van der Waals surface area contributed by atoms with Crippen molar-refractivity contribution in [2.75, 3.05) is 18.1 Å². The smallest absolute Gasteiger partial charge is 0.327 e. The molecule has 3 heterocycles. The van der Waals surface area contributed by atoms with Gasteiger partial charge in [-0.25, -0.2) is 9.18 Å². The summed E-state index contributed by atoms with van der Waals surface area (Å²) < 4.78 is 30.8. The molecule has 0 spiro atoms. The Morgan fingerprint density at radius 1 is 0.946 bits per heavy atom. The summed E-state index contributed by atoms with van der Waals surface area (Å²) in [6.07, 6.45) is 0. The number of urea groups is 1. The molecule has 6 rings (SSSR count). The number of benzene rings is 3. The third-order valence-electron chi connectivity index (χ3n) is 6.44. The molecule has 9 heteroatoms. The van der Waals surface area contributed by atoms with Crippen molar-refractivity contribution in [1.82, 2.24) is 15.5 Å². The zero-order valence-corrected chi connectivity index (χ0v) is 20.2. The van der Waals surface area contributed by atoms with Crippen molar-refractivity contribution in [2.45, 2.75) is 19.9 Å². The number of nitrogens with one attached hydrogen (secondary N) is 1. The second kappa shape index (κ2) is 9.09. The van der Waals surface area contributed by atoms with Crippen molar-refractivity contribution in [2.24, 2.45) is 0 Å². The zero-order valence-electron chi connectivity index (χ0n) is 20.2. The normalized spacial score (nSPS) is 17.1. The van der Waals surface area contributed by atoms with Crippen LogP contribution in [0.5, 0.6) is 11.5 Å². The lowest BCUT2D eigenvalue weighted by atomic mass is 9.94. The van der Waals surface area contributed by atoms with Crippen LogP contribution in [0.15, 0.2) is 77.0 Å². The maximum absolute atomic E-state index is 13.7. The van der Waals surface area contributed by atoms with Crippen LogP contribution in [0.3, 0.4) is 0 Å². The number of halogens is 1. The van der Waals surface area contributed by atoms with Crippen LogP contribution in [0.4, 0.5) is 14.9 Å². The fourth-order valence-corrected chi connectivity index (χ4v) is 4.56. The van der Waals surface area contributed by atoms with Crippen molar-refractivity contribution in [3.8, 4) is 22.9 Å². The van der Waals surface area contributed by atoms with Gasteiger partial charge < -0.3 is 19.3 Å². The number of carbonyl (C=O) groups is 1. The molecule has 0 fully saturated rings. The molecule has 8 nitrogen and oxygen atoms in total. The van der Waals surface area contributed by atoms with Gasteiger partial charge in [-0.05, 0) is 43.7 Å². The quantitative estimate of drug-likeness (QED) is 0.391. The zero-order chi connectivity index (χ0) is 25.5. The molecule has 4 aromatic rings. The number of hydrogen-bond acceptors (Lipinski definition) is 6. The van der Waals surface area contributed by atoms with E-state index < -0.39 is 6.04 Å². The van der Waals surface area contributed by atoms with Crippen LogP contribution in [0.1, 0.15) is 30.0 Å². The summed E-state index contributed by atoms with van der Waals surface area (Å²) in [5.74, 6) is 1.50. The fraction of sp³-hybridized carbons (Fsp3) is 0.179. The molecule has 37 heavy (non-hydrogen) atoms. The monoisotopic (exact) mass is 498 g/mol. The third-order valence-corrected chi connectivity index (χ3v) is 6.44. The summed E-state index contributed by atoms with van der Waals surface area (Å²) in [5, 5.41) is 7.22. The highest BCUT2D eigenvalue weighted by Crippen LogP contribution is 2.41. The maximum Gasteiger partial charge on any atom is 0.327 e. The van der Waals surface area contributed by atoms with Gasteiger partial charge in [0.25, 0.3) is 5.89 Å². The number of rotatable bonds is 4. The van der Waals surface area contributed by atoms with Crippen molar-refractivity contribution < 1.29 is 23.2 Å². The van der Waals surface area contributed by atoms with E-state index in [2.05, 4.69) is 15.5 Å². The Bertz CT molecular complexity index is 1510. The number of aryl methyl sites for hydroxylation is 1. The molecule has 0 saturated carbocycles. The minimum absolute atomic E-state index is 0.255. The topological polar surface area (TPSA) is 89.7 Å². The van der Waals surface area contributed by atoms with Gasteiger partial charge in [-0.15, -0.1) is 0 Å². The van der Waals surface area contributed by atoms with Gasteiger partial charge in [-0.3, -0.25) is 4.90 Å². The Kier molecular flexibility index (Phi) is 5.60. The van der Waals surface area contributed by atoms with E-state index in [9.17, 15) is 9.18 Å². The predicted molar refractivity (Wildman–Crippen MR) is 135 cm³/mol. The molecule has 1 atom stereocenters. The molecule has 0 saturated heterocycles. The molecular weight excluding hydrogens is 475 g/mol. The lowest BCUT2D eigenvalue weighted by molar-refractivity contribution is 0.171. The first-order valence-corrected chi connectivity index (χ1v) is 11.9. The van der Waals surface area contributed by atoms with E-state index in [-0.39, 0.29) is 17.7 Å². The lowest BCUT2D eigenvalue weighted by Gasteiger charge is -2.35. The van der Waals surface area contributed by atoms with Gasteiger partial charge in [-0.2, -0.15) is 4.98 Å². The highest BCUT2D eigenvalue weighted by Gasteiger charge is 2.37. The van der Waals surface area contributed by atoms with Crippen LogP contribution >= 0.6 is 0 Å². The maximum atomic E-state index is 13.7. The number of allylic oxidation sites excluding steroid dienone is 1. The minimum Gasteiger partial charge on any atom is -0.486 e. The van der Waals surface area contributed by atoms with Crippen LogP contribution in [-0.2, 0) is 0 Å². The molecule has 0 aliphatic carbocycles. The summed E-state index contributed by atoms with van der Waals surface area (Å²) >= 11 is 0. The van der Waals surface area contributed by atoms with Crippen LogP contribution in [0, 0.1) is 12.7 Å². The first-order chi connectivity index (χ1) is 18.0. The predicted octanol–water partition coefficient (Wildman–Crippen LogP) is 5.66. The van der Waals surface area contributed by atoms with Crippen LogP contribution in [0.2, 0.25) is 0 Å². The molecule has 3 aromatic carbocycles. The lowest BCUT2D eigenvalue weighted by Crippen LogP contribution is -2.46. The van der Waals surface area contributed by atoms with E-state index in [1.165, 1.54) is 17.0 Å². The molecule has 0 bridgehead atoms. The van der Waals surface area contributed by atoms with E-state index in [4.69, 9.17) is 14.0 Å². The average molecular weight is 499 g/mol. The highest BCUT2D eigenvalue weighted by molar-refractivity contribution is 6.01. The molecule has 1 unspecified atom stereocenters. The summed E-state index contributed by atoms with van der Waals surface area (Å²) in [6.45, 7) is 4.72. The summed E-state index contributed by atoms with van der Waals surface area (Å²) in [4.78, 5) is 19.6. The van der Waals surface area contributed by atoms with Crippen molar-refractivity contribution in [3.05, 3.63) is 95.3 Å². The molecule has 0 radical (unpaired) electrons. The van der Waals surface area contributed by atoms with Crippen molar-refractivity contribution in [3.63, 3.8) is 0 Å². The van der Waals surface area contributed by atoms with E-state index in [1.54, 1.807) is 30.3 Å².